The Morgan fingerprint density at radius 3 is 2.49 bits per heavy atom. The van der Waals surface area contributed by atoms with Crippen molar-refractivity contribution < 1.29 is 43.5 Å². The van der Waals surface area contributed by atoms with Crippen LogP contribution < -0.4 is 5.43 Å². The maximum Gasteiger partial charge on any atom is 0.308 e. The number of hydrazone groups is 1. The van der Waals surface area contributed by atoms with Crippen molar-refractivity contribution in [2.75, 3.05) is 14.1 Å². The second-order valence-electron chi connectivity index (χ2n) is 13.7. The van der Waals surface area contributed by atoms with E-state index in [0.717, 1.165) is 0 Å². The SMILES string of the molecule is CC[C@H]1OC(=O)C[C@@H](O)[C@H](C)[C@@H](O[C@@H]2O[C@H](C)C[C@H](N(C)C)[C@H]2O)[C@@H](C/C=N/NC(C)=O)C[C@@H](C)C(=O)/C=C/[C@]2(C)O[C@H]2[C@@H]1C. The van der Waals surface area contributed by atoms with E-state index in [1.54, 1.807) is 25.3 Å². The largest absolute Gasteiger partial charge is 0.462 e. The third-order valence-electron chi connectivity index (χ3n) is 9.61. The van der Waals surface area contributed by atoms with Gasteiger partial charge >= 0.3 is 5.97 Å². The number of allylic oxidation sites excluding steroid dienone is 1. The lowest BCUT2D eigenvalue weighted by molar-refractivity contribution is -0.282. The smallest absolute Gasteiger partial charge is 0.308 e. The number of ether oxygens (including phenoxy) is 4. The highest BCUT2D eigenvalue weighted by molar-refractivity contribution is 5.91. The average Bonchev–Trinajstić information content (AvgIpc) is 3.65. The van der Waals surface area contributed by atoms with Crippen LogP contribution in [0.3, 0.4) is 0 Å². The summed E-state index contributed by atoms with van der Waals surface area (Å²) in [6, 6.07) is -0.228. The monoisotopic (exact) mass is 637 g/mol. The van der Waals surface area contributed by atoms with Gasteiger partial charge in [0.1, 0.15) is 17.8 Å². The first kappa shape index (κ1) is 37.2. The molecule has 0 spiro atoms. The molecule has 0 aliphatic carbocycles. The number of aliphatic hydroxyl groups is 2. The zero-order chi connectivity index (χ0) is 33.6. The fourth-order valence-corrected chi connectivity index (χ4v) is 6.70. The average molecular weight is 638 g/mol. The molecule has 0 aromatic carbocycles. The van der Waals surface area contributed by atoms with Crippen LogP contribution in [0.1, 0.15) is 80.6 Å². The second kappa shape index (κ2) is 16.1. The summed E-state index contributed by atoms with van der Waals surface area (Å²) in [7, 11) is 3.77. The maximum atomic E-state index is 13.4. The number of hydrogen-bond donors (Lipinski definition) is 3. The van der Waals surface area contributed by atoms with Crippen LogP contribution in [0.2, 0.25) is 0 Å². The number of aliphatic hydroxyl groups excluding tert-OH is 2. The molecule has 3 heterocycles. The van der Waals surface area contributed by atoms with Crippen LogP contribution in [0.4, 0.5) is 0 Å². The Hall–Kier alpha value is -2.22. The van der Waals surface area contributed by atoms with E-state index in [2.05, 4.69) is 10.5 Å². The number of rotatable bonds is 7. The van der Waals surface area contributed by atoms with Crippen LogP contribution in [0.5, 0.6) is 0 Å². The van der Waals surface area contributed by atoms with E-state index in [0.29, 0.717) is 19.3 Å². The lowest BCUT2D eigenvalue weighted by Crippen LogP contribution is -2.56. The minimum Gasteiger partial charge on any atom is -0.462 e. The van der Waals surface area contributed by atoms with Crippen LogP contribution in [0, 0.1) is 23.7 Å². The van der Waals surface area contributed by atoms with Crippen molar-refractivity contribution in [3.8, 4) is 0 Å². The van der Waals surface area contributed by atoms with Gasteiger partial charge in [0.15, 0.2) is 12.1 Å². The summed E-state index contributed by atoms with van der Waals surface area (Å²) in [6.45, 7) is 12.7. The molecule has 12 nitrogen and oxygen atoms in total. The molecule has 256 valence electrons. The lowest BCUT2D eigenvalue weighted by atomic mass is 9.79. The van der Waals surface area contributed by atoms with E-state index in [1.165, 1.54) is 6.92 Å². The quantitative estimate of drug-likeness (QED) is 0.164. The molecule has 2 saturated heterocycles. The molecule has 0 unspecified atom stereocenters. The third-order valence-corrected chi connectivity index (χ3v) is 9.61. The molecule has 0 radical (unpaired) electrons. The zero-order valence-electron chi connectivity index (χ0n) is 28.3. The molecule has 1 amide bonds. The molecule has 3 aliphatic rings. The van der Waals surface area contributed by atoms with Gasteiger partial charge in [-0.1, -0.05) is 27.7 Å². The van der Waals surface area contributed by atoms with Crippen molar-refractivity contribution >= 4 is 23.9 Å². The van der Waals surface area contributed by atoms with Crippen molar-refractivity contribution in [1.82, 2.24) is 10.3 Å². The van der Waals surface area contributed by atoms with E-state index in [-0.39, 0.29) is 48.7 Å². The number of amides is 1. The highest BCUT2D eigenvalue weighted by atomic mass is 16.7. The molecule has 12 heteroatoms. The van der Waals surface area contributed by atoms with Gasteiger partial charge in [0, 0.05) is 36.9 Å². The first-order valence-corrected chi connectivity index (χ1v) is 16.3. The summed E-state index contributed by atoms with van der Waals surface area (Å²) in [4.78, 5) is 39.9. The molecule has 0 bridgehead atoms. The standard InChI is InChI=1S/C33H55N3O9/c1-10-27-21(5)31-33(7,45-31)13-11-25(38)18(2)15-23(12-14-34-35-22(6)37)30(20(4)26(39)17-28(40)43-27)44-32-29(41)24(36(8)9)16-19(3)42-32/h11,13-14,18-21,23-24,26-27,29-32,39,41H,10,12,15-17H2,1-9H3,(H,35,37)/b13-11+,34-14+/t18-,19-,20+,21-,23+,24+,26-,27-,29-,30-,31+,32+,33+/m1/s1. The van der Waals surface area contributed by atoms with Gasteiger partial charge in [-0.25, -0.2) is 5.43 Å². The Bertz CT molecular complexity index is 1080. The predicted molar refractivity (Wildman–Crippen MR) is 168 cm³/mol. The summed E-state index contributed by atoms with van der Waals surface area (Å²) >= 11 is 0. The molecule has 45 heavy (non-hydrogen) atoms. The predicted octanol–water partition coefficient (Wildman–Crippen LogP) is 2.59. The Balaban J connectivity index is 2.01. The zero-order valence-corrected chi connectivity index (χ0v) is 28.3. The number of nitrogens with zero attached hydrogens (tertiary/aromatic N) is 2. The normalized spacial score (nSPS) is 42.7. The van der Waals surface area contributed by atoms with Gasteiger partial charge in [0.25, 0.3) is 0 Å². The van der Waals surface area contributed by atoms with Gasteiger partial charge < -0.3 is 34.1 Å². The number of epoxide rings is 1. The number of hydrogen-bond acceptors (Lipinski definition) is 11. The number of cyclic esters (lactones) is 1. The second-order valence-corrected chi connectivity index (χ2v) is 13.7. The van der Waals surface area contributed by atoms with Crippen molar-refractivity contribution in [2.45, 2.75) is 135 Å². The Morgan fingerprint density at radius 1 is 1.18 bits per heavy atom. The Kier molecular flexibility index (Phi) is 13.3. The summed E-state index contributed by atoms with van der Waals surface area (Å²) in [5.41, 5.74) is 1.75. The number of fused-ring (bicyclic) bond motifs is 1. The van der Waals surface area contributed by atoms with Crippen molar-refractivity contribution in [1.29, 1.82) is 0 Å². The van der Waals surface area contributed by atoms with Gasteiger partial charge in [-0.15, -0.1) is 0 Å². The van der Waals surface area contributed by atoms with Gasteiger partial charge in [-0.2, -0.15) is 5.10 Å². The summed E-state index contributed by atoms with van der Waals surface area (Å²) in [5, 5.41) is 26.7. The molecule has 0 saturated carbocycles. The minimum atomic E-state index is -1.16. The van der Waals surface area contributed by atoms with Crippen LogP contribution >= 0.6 is 0 Å². The van der Waals surface area contributed by atoms with E-state index in [1.807, 2.05) is 53.6 Å². The van der Waals surface area contributed by atoms with E-state index in [4.69, 9.17) is 18.9 Å². The van der Waals surface area contributed by atoms with E-state index >= 15 is 0 Å². The minimum absolute atomic E-state index is 0.0883. The highest BCUT2D eigenvalue weighted by Crippen LogP contribution is 2.45. The van der Waals surface area contributed by atoms with E-state index < -0.39 is 60.0 Å². The van der Waals surface area contributed by atoms with Gasteiger partial charge in [-0.05, 0) is 71.7 Å². The van der Waals surface area contributed by atoms with Crippen LogP contribution in [0.15, 0.2) is 17.3 Å². The van der Waals surface area contributed by atoms with Gasteiger partial charge in [-0.3, -0.25) is 14.4 Å². The Labute approximate surface area is 267 Å². The summed E-state index contributed by atoms with van der Waals surface area (Å²) < 4.78 is 24.5. The number of esters is 1. The van der Waals surface area contributed by atoms with Gasteiger partial charge in [0.2, 0.25) is 5.91 Å². The number of likely N-dealkylation sites (N-methyl/N-ethyl adjacent to an activating group) is 1. The molecular formula is C33H55N3O9. The molecule has 2 fully saturated rings. The number of nitrogens with one attached hydrogen (secondary N) is 1. The number of carbonyl (C=O) groups excluding carboxylic acids is 3. The Morgan fingerprint density at radius 2 is 1.87 bits per heavy atom. The van der Waals surface area contributed by atoms with Crippen molar-refractivity contribution in [3.05, 3.63) is 12.2 Å². The summed E-state index contributed by atoms with van der Waals surface area (Å²) in [6.07, 6.45) is 1.63. The first-order valence-electron chi connectivity index (χ1n) is 16.3. The van der Waals surface area contributed by atoms with Crippen LogP contribution in [-0.4, -0.2) is 108 Å². The van der Waals surface area contributed by atoms with E-state index in [9.17, 15) is 24.6 Å². The lowest BCUT2D eigenvalue weighted by Gasteiger charge is -2.44. The number of ketones is 1. The first-order chi connectivity index (χ1) is 21.1. The third kappa shape index (κ3) is 9.89. The van der Waals surface area contributed by atoms with Crippen molar-refractivity contribution in [2.24, 2.45) is 28.8 Å². The number of carbonyl (C=O) groups is 3. The molecule has 3 aliphatic heterocycles. The summed E-state index contributed by atoms with van der Waals surface area (Å²) in [5.74, 6) is -2.57. The molecule has 0 aromatic heterocycles. The van der Waals surface area contributed by atoms with Crippen molar-refractivity contribution in [3.63, 3.8) is 0 Å². The highest BCUT2D eigenvalue weighted by Gasteiger charge is 2.55. The molecule has 13 atom stereocenters. The topological polar surface area (TPSA) is 160 Å². The molecule has 3 rings (SSSR count). The maximum absolute atomic E-state index is 13.4. The van der Waals surface area contributed by atoms with Crippen LogP contribution in [0.25, 0.3) is 0 Å². The van der Waals surface area contributed by atoms with Gasteiger partial charge in [0.05, 0.1) is 30.8 Å². The molecular weight excluding hydrogens is 582 g/mol. The molecule has 3 N–H and O–H groups in total. The fraction of sp³-hybridized carbons (Fsp3) is 0.818. The fourth-order valence-electron chi connectivity index (χ4n) is 6.70. The van der Waals surface area contributed by atoms with Crippen LogP contribution in [-0.2, 0) is 33.3 Å². The molecule has 0 aromatic rings.